The predicted octanol–water partition coefficient (Wildman–Crippen LogP) is 4.83. The van der Waals surface area contributed by atoms with Crippen LogP contribution in [0.15, 0.2) is 30.3 Å². The van der Waals surface area contributed by atoms with Crippen LogP contribution in [0, 0.1) is 5.92 Å². The minimum Gasteiger partial charge on any atom is -0.299 e. The molecule has 0 bridgehead atoms. The quantitative estimate of drug-likeness (QED) is 0.609. The zero-order valence-electron chi connectivity index (χ0n) is 14.1. The van der Waals surface area contributed by atoms with E-state index in [4.69, 9.17) is 0 Å². The average molecular weight is 301 g/mol. The first-order chi connectivity index (χ1) is 10.8. The molecule has 0 aromatic heterocycles. The van der Waals surface area contributed by atoms with Crippen LogP contribution in [-0.4, -0.2) is 23.8 Å². The third-order valence-electron chi connectivity index (χ3n) is 4.76. The second-order valence-electron chi connectivity index (χ2n) is 6.69. The SMILES string of the molecule is CCCCCCCCC1CN(Cc2ccccc2)CCC1=O. The van der Waals surface area contributed by atoms with E-state index in [1.807, 2.05) is 0 Å². The Morgan fingerprint density at radius 1 is 1.05 bits per heavy atom. The van der Waals surface area contributed by atoms with E-state index < -0.39 is 0 Å². The third-order valence-corrected chi connectivity index (χ3v) is 4.76. The number of Topliss-reactive ketones (excluding diaryl/α,β-unsaturated/α-hetero) is 1. The van der Waals surface area contributed by atoms with E-state index in [-0.39, 0.29) is 5.92 Å². The maximum Gasteiger partial charge on any atom is 0.138 e. The van der Waals surface area contributed by atoms with Crippen molar-refractivity contribution >= 4 is 5.78 Å². The van der Waals surface area contributed by atoms with E-state index in [9.17, 15) is 4.79 Å². The lowest BCUT2D eigenvalue weighted by molar-refractivity contribution is -0.126. The first-order valence-corrected chi connectivity index (χ1v) is 9.08. The summed E-state index contributed by atoms with van der Waals surface area (Å²) in [6.45, 7) is 5.13. The predicted molar refractivity (Wildman–Crippen MR) is 92.8 cm³/mol. The first-order valence-electron chi connectivity index (χ1n) is 9.08. The Kier molecular flexibility index (Phi) is 7.65. The molecule has 1 aromatic rings. The first kappa shape index (κ1) is 17.2. The van der Waals surface area contributed by atoms with Gasteiger partial charge in [0.2, 0.25) is 0 Å². The van der Waals surface area contributed by atoms with Gasteiger partial charge in [-0.25, -0.2) is 0 Å². The van der Waals surface area contributed by atoms with Crippen molar-refractivity contribution in [1.29, 1.82) is 0 Å². The Morgan fingerprint density at radius 3 is 2.55 bits per heavy atom. The number of carbonyl (C=O) groups excluding carboxylic acids is 1. The van der Waals surface area contributed by atoms with Gasteiger partial charge >= 0.3 is 0 Å². The number of likely N-dealkylation sites (tertiary alicyclic amines) is 1. The van der Waals surface area contributed by atoms with Crippen molar-refractivity contribution in [3.63, 3.8) is 0 Å². The molecule has 2 heteroatoms. The Hall–Kier alpha value is -1.15. The molecule has 0 radical (unpaired) electrons. The lowest BCUT2D eigenvalue weighted by Crippen LogP contribution is -2.40. The summed E-state index contributed by atoms with van der Waals surface area (Å²) in [5.74, 6) is 0.779. The third kappa shape index (κ3) is 5.92. The minimum absolute atomic E-state index is 0.281. The van der Waals surface area contributed by atoms with Crippen molar-refractivity contribution < 1.29 is 4.79 Å². The van der Waals surface area contributed by atoms with Gasteiger partial charge in [0.25, 0.3) is 0 Å². The van der Waals surface area contributed by atoms with Gasteiger partial charge in [-0.05, 0) is 12.0 Å². The van der Waals surface area contributed by atoms with Crippen LogP contribution in [0.1, 0.15) is 63.9 Å². The largest absolute Gasteiger partial charge is 0.299 e. The number of unbranched alkanes of at least 4 members (excludes halogenated alkanes) is 5. The highest BCUT2D eigenvalue weighted by Gasteiger charge is 2.26. The molecule has 0 saturated carbocycles. The summed E-state index contributed by atoms with van der Waals surface area (Å²) in [4.78, 5) is 14.6. The number of nitrogens with zero attached hydrogens (tertiary/aromatic N) is 1. The monoisotopic (exact) mass is 301 g/mol. The van der Waals surface area contributed by atoms with Crippen LogP contribution in [-0.2, 0) is 11.3 Å². The number of carbonyl (C=O) groups is 1. The highest BCUT2D eigenvalue weighted by atomic mass is 16.1. The molecule has 1 atom stereocenters. The van der Waals surface area contributed by atoms with E-state index >= 15 is 0 Å². The van der Waals surface area contributed by atoms with E-state index in [0.717, 1.165) is 32.5 Å². The van der Waals surface area contributed by atoms with Crippen molar-refractivity contribution in [3.8, 4) is 0 Å². The average Bonchev–Trinajstić information content (AvgIpc) is 2.54. The Labute approximate surface area is 135 Å². The van der Waals surface area contributed by atoms with Gasteiger partial charge in [0, 0.05) is 32.0 Å². The summed E-state index contributed by atoms with van der Waals surface area (Å²) in [6.07, 6.45) is 9.70. The van der Waals surface area contributed by atoms with Crippen molar-refractivity contribution in [2.75, 3.05) is 13.1 Å². The van der Waals surface area contributed by atoms with Gasteiger partial charge in [-0.1, -0.05) is 75.8 Å². The number of hydrogen-bond acceptors (Lipinski definition) is 2. The van der Waals surface area contributed by atoms with Crippen molar-refractivity contribution in [2.45, 2.75) is 64.8 Å². The Balaban J connectivity index is 1.70. The molecule has 22 heavy (non-hydrogen) atoms. The topological polar surface area (TPSA) is 20.3 Å². The number of benzene rings is 1. The van der Waals surface area contributed by atoms with Crippen molar-refractivity contribution in [1.82, 2.24) is 4.90 Å². The number of ketones is 1. The lowest BCUT2D eigenvalue weighted by atomic mass is 9.90. The number of piperidine rings is 1. The van der Waals surface area contributed by atoms with E-state index in [1.54, 1.807) is 0 Å². The fraction of sp³-hybridized carbons (Fsp3) is 0.650. The molecule has 1 aliphatic heterocycles. The standard InChI is InChI=1S/C20H31NO/c1-2-3-4-5-6-10-13-19-17-21(15-14-20(19)22)16-18-11-8-7-9-12-18/h7-9,11-12,19H,2-6,10,13-17H2,1H3. The molecule has 0 spiro atoms. The molecule has 1 aliphatic rings. The smallest absolute Gasteiger partial charge is 0.138 e. The summed E-state index contributed by atoms with van der Waals surface area (Å²) in [5.41, 5.74) is 1.36. The molecule has 1 unspecified atom stereocenters. The Bertz CT molecular complexity index is 429. The van der Waals surface area contributed by atoms with E-state index in [0.29, 0.717) is 5.78 Å². The van der Waals surface area contributed by atoms with Crippen LogP contribution >= 0.6 is 0 Å². The zero-order chi connectivity index (χ0) is 15.6. The lowest BCUT2D eigenvalue weighted by Gasteiger charge is -2.31. The molecule has 1 heterocycles. The van der Waals surface area contributed by atoms with Gasteiger partial charge in [0.1, 0.15) is 5.78 Å². The molecule has 1 saturated heterocycles. The Morgan fingerprint density at radius 2 is 1.77 bits per heavy atom. The maximum atomic E-state index is 12.1. The van der Waals surface area contributed by atoms with Gasteiger partial charge in [0.15, 0.2) is 0 Å². The molecule has 0 N–H and O–H groups in total. The molecule has 0 amide bonds. The molecule has 1 aromatic carbocycles. The fourth-order valence-electron chi connectivity index (χ4n) is 3.39. The minimum atomic E-state index is 0.281. The van der Waals surface area contributed by atoms with Crippen LogP contribution in [0.5, 0.6) is 0 Å². The number of rotatable bonds is 9. The molecule has 2 rings (SSSR count). The molecule has 2 nitrogen and oxygen atoms in total. The van der Waals surface area contributed by atoms with Crippen LogP contribution in [0.3, 0.4) is 0 Å². The molecular formula is C20H31NO. The van der Waals surface area contributed by atoms with Gasteiger partial charge in [-0.15, -0.1) is 0 Å². The second-order valence-corrected chi connectivity index (χ2v) is 6.69. The number of hydrogen-bond donors (Lipinski definition) is 0. The van der Waals surface area contributed by atoms with Crippen LogP contribution < -0.4 is 0 Å². The summed E-state index contributed by atoms with van der Waals surface area (Å²) in [5, 5.41) is 0. The zero-order valence-corrected chi connectivity index (χ0v) is 14.1. The van der Waals surface area contributed by atoms with Crippen LogP contribution in [0.25, 0.3) is 0 Å². The molecule has 1 fully saturated rings. The fourth-order valence-corrected chi connectivity index (χ4v) is 3.39. The van der Waals surface area contributed by atoms with Crippen molar-refractivity contribution in [3.05, 3.63) is 35.9 Å². The summed E-state index contributed by atoms with van der Waals surface area (Å²) in [7, 11) is 0. The second kappa shape index (κ2) is 9.78. The van der Waals surface area contributed by atoms with Gasteiger partial charge < -0.3 is 0 Å². The van der Waals surface area contributed by atoms with E-state index in [2.05, 4.69) is 42.2 Å². The van der Waals surface area contributed by atoms with Gasteiger partial charge in [0.05, 0.1) is 0 Å². The summed E-state index contributed by atoms with van der Waals surface area (Å²) >= 11 is 0. The highest BCUT2D eigenvalue weighted by molar-refractivity contribution is 5.82. The van der Waals surface area contributed by atoms with Crippen LogP contribution in [0.2, 0.25) is 0 Å². The van der Waals surface area contributed by atoms with E-state index in [1.165, 1.54) is 44.1 Å². The van der Waals surface area contributed by atoms with Crippen LogP contribution in [0.4, 0.5) is 0 Å². The molecule has 0 aliphatic carbocycles. The van der Waals surface area contributed by atoms with Crippen molar-refractivity contribution in [2.24, 2.45) is 5.92 Å². The molecular weight excluding hydrogens is 270 g/mol. The summed E-state index contributed by atoms with van der Waals surface area (Å²) < 4.78 is 0. The maximum absolute atomic E-state index is 12.1. The summed E-state index contributed by atoms with van der Waals surface area (Å²) in [6, 6.07) is 10.6. The molecule has 122 valence electrons. The normalized spacial score (nSPS) is 19.5. The van der Waals surface area contributed by atoms with Gasteiger partial charge in [-0.2, -0.15) is 0 Å². The van der Waals surface area contributed by atoms with Gasteiger partial charge in [-0.3, -0.25) is 9.69 Å². The highest BCUT2D eigenvalue weighted by Crippen LogP contribution is 2.21.